The Hall–Kier alpha value is -1.30. The zero-order chi connectivity index (χ0) is 15.4. The topological polar surface area (TPSA) is 54.0 Å². The van der Waals surface area contributed by atoms with Crippen molar-refractivity contribution in [1.29, 1.82) is 0 Å². The van der Waals surface area contributed by atoms with Crippen LogP contribution < -0.4 is 10.1 Å². The van der Waals surface area contributed by atoms with Gasteiger partial charge < -0.3 is 19.9 Å². The van der Waals surface area contributed by atoms with E-state index in [0.717, 1.165) is 57.8 Å². The van der Waals surface area contributed by atoms with E-state index in [4.69, 9.17) is 9.47 Å². The summed E-state index contributed by atoms with van der Waals surface area (Å²) in [7, 11) is 1.60. The maximum Gasteiger partial charge on any atom is 0.162 e. The van der Waals surface area contributed by atoms with Gasteiger partial charge in [0.25, 0.3) is 0 Å². The Morgan fingerprint density at radius 1 is 1.27 bits per heavy atom. The van der Waals surface area contributed by atoms with E-state index < -0.39 is 0 Å². The van der Waals surface area contributed by atoms with Crippen LogP contribution in [0.4, 0.5) is 0 Å². The van der Waals surface area contributed by atoms with Crippen LogP contribution in [0.2, 0.25) is 0 Å². The van der Waals surface area contributed by atoms with E-state index in [1.54, 1.807) is 7.11 Å². The van der Waals surface area contributed by atoms with Crippen LogP contribution in [-0.4, -0.2) is 56.5 Å². The van der Waals surface area contributed by atoms with Gasteiger partial charge in [-0.25, -0.2) is 0 Å². The van der Waals surface area contributed by atoms with Crippen molar-refractivity contribution in [2.75, 3.05) is 46.5 Å². The molecule has 22 heavy (non-hydrogen) atoms. The highest BCUT2D eigenvalue weighted by Crippen LogP contribution is 2.42. The molecule has 0 saturated carbocycles. The van der Waals surface area contributed by atoms with Crippen LogP contribution in [0, 0.1) is 5.92 Å². The fraction of sp³-hybridized carbons (Fsp3) is 0.647. The number of phenolic OH excluding ortho intramolecular Hbond substituents is 1. The number of hydrogen-bond acceptors (Lipinski definition) is 5. The van der Waals surface area contributed by atoms with E-state index in [-0.39, 0.29) is 6.04 Å². The number of hydrogen-bond donors (Lipinski definition) is 2. The average molecular weight is 306 g/mol. The quantitative estimate of drug-likeness (QED) is 0.888. The van der Waals surface area contributed by atoms with Crippen molar-refractivity contribution < 1.29 is 14.6 Å². The summed E-state index contributed by atoms with van der Waals surface area (Å²) in [6.45, 7) is 5.67. The molecule has 3 rings (SSSR count). The van der Waals surface area contributed by atoms with Crippen molar-refractivity contribution in [3.05, 3.63) is 23.8 Å². The molecule has 2 fully saturated rings. The predicted octanol–water partition coefficient (Wildman–Crippen LogP) is 1.77. The van der Waals surface area contributed by atoms with Crippen LogP contribution in [0.1, 0.15) is 24.4 Å². The molecule has 0 radical (unpaired) electrons. The van der Waals surface area contributed by atoms with Crippen LogP contribution in [0.5, 0.6) is 11.5 Å². The first-order valence-electron chi connectivity index (χ1n) is 8.19. The Morgan fingerprint density at radius 2 is 2.00 bits per heavy atom. The summed E-state index contributed by atoms with van der Waals surface area (Å²) >= 11 is 0. The maximum atomic E-state index is 10.6. The molecule has 0 spiro atoms. The first-order valence-corrected chi connectivity index (χ1v) is 8.19. The SMILES string of the molecule is COc1cccc([C@@H](C2CCOCC2)N2CCNCC2)c1O. The number of nitrogens with zero attached hydrogens (tertiary/aromatic N) is 1. The van der Waals surface area contributed by atoms with Crippen molar-refractivity contribution in [2.24, 2.45) is 5.92 Å². The lowest BCUT2D eigenvalue weighted by atomic mass is 9.85. The van der Waals surface area contributed by atoms with Crippen LogP contribution in [-0.2, 0) is 4.74 Å². The Morgan fingerprint density at radius 3 is 2.68 bits per heavy atom. The minimum absolute atomic E-state index is 0.237. The molecule has 2 aliphatic heterocycles. The summed E-state index contributed by atoms with van der Waals surface area (Å²) in [5, 5.41) is 14.0. The summed E-state index contributed by atoms with van der Waals surface area (Å²) in [6.07, 6.45) is 2.09. The van der Waals surface area contributed by atoms with Crippen LogP contribution in [0.25, 0.3) is 0 Å². The van der Waals surface area contributed by atoms with Gasteiger partial charge in [0, 0.05) is 51.0 Å². The highest BCUT2D eigenvalue weighted by Gasteiger charge is 2.33. The van der Waals surface area contributed by atoms with E-state index in [1.807, 2.05) is 18.2 Å². The smallest absolute Gasteiger partial charge is 0.162 e. The maximum absolute atomic E-state index is 10.6. The van der Waals surface area contributed by atoms with Crippen molar-refractivity contribution in [1.82, 2.24) is 10.2 Å². The number of rotatable bonds is 4. The Kier molecular flexibility index (Phi) is 5.18. The first-order chi connectivity index (χ1) is 10.8. The van der Waals surface area contributed by atoms with Gasteiger partial charge in [0.2, 0.25) is 0 Å². The van der Waals surface area contributed by atoms with Crippen molar-refractivity contribution >= 4 is 0 Å². The number of methoxy groups -OCH3 is 1. The molecule has 0 bridgehead atoms. The molecule has 0 aromatic heterocycles. The molecule has 2 N–H and O–H groups in total. The standard InChI is InChI=1S/C17H26N2O3/c1-21-15-4-2-3-14(17(15)20)16(13-5-11-22-12-6-13)19-9-7-18-8-10-19/h2-4,13,16,18,20H,5-12H2,1H3/t16-/m1/s1. The number of benzene rings is 1. The zero-order valence-corrected chi connectivity index (χ0v) is 13.3. The third-order valence-corrected chi connectivity index (χ3v) is 4.83. The highest BCUT2D eigenvalue weighted by molar-refractivity contribution is 5.47. The number of piperazine rings is 1. The molecule has 0 aliphatic carbocycles. The minimum atomic E-state index is 0.237. The number of nitrogens with one attached hydrogen (secondary N) is 1. The summed E-state index contributed by atoms with van der Waals surface area (Å²) < 4.78 is 10.8. The van der Waals surface area contributed by atoms with Gasteiger partial charge in [-0.3, -0.25) is 4.90 Å². The molecule has 0 amide bonds. The third kappa shape index (κ3) is 3.21. The van der Waals surface area contributed by atoms with E-state index >= 15 is 0 Å². The second-order valence-corrected chi connectivity index (χ2v) is 6.08. The van der Waals surface area contributed by atoms with Crippen LogP contribution in [0.15, 0.2) is 18.2 Å². The second kappa shape index (κ2) is 7.31. The number of aromatic hydroxyl groups is 1. The lowest BCUT2D eigenvalue weighted by Crippen LogP contribution is -2.47. The number of ether oxygens (including phenoxy) is 2. The second-order valence-electron chi connectivity index (χ2n) is 6.08. The molecular weight excluding hydrogens is 280 g/mol. The van der Waals surface area contributed by atoms with Crippen molar-refractivity contribution in [3.63, 3.8) is 0 Å². The van der Waals surface area contributed by atoms with Gasteiger partial charge in [-0.05, 0) is 24.8 Å². The number of para-hydroxylation sites is 1. The lowest BCUT2D eigenvalue weighted by molar-refractivity contribution is 0.0205. The average Bonchev–Trinajstić information content (AvgIpc) is 2.59. The fourth-order valence-electron chi connectivity index (χ4n) is 3.68. The number of phenols is 1. The molecular formula is C17H26N2O3. The third-order valence-electron chi connectivity index (χ3n) is 4.83. The van der Waals surface area contributed by atoms with Gasteiger partial charge in [-0.1, -0.05) is 12.1 Å². The van der Waals surface area contributed by atoms with E-state index in [1.165, 1.54) is 0 Å². The highest BCUT2D eigenvalue weighted by atomic mass is 16.5. The fourth-order valence-corrected chi connectivity index (χ4v) is 3.68. The van der Waals surface area contributed by atoms with Crippen LogP contribution in [0.3, 0.4) is 0 Å². The Labute approximate surface area is 132 Å². The summed E-state index contributed by atoms with van der Waals surface area (Å²) in [5.41, 5.74) is 0.994. The van der Waals surface area contributed by atoms with Crippen LogP contribution >= 0.6 is 0 Å². The Bertz CT molecular complexity index is 465. The van der Waals surface area contributed by atoms with Crippen molar-refractivity contribution in [3.8, 4) is 11.5 Å². The molecule has 122 valence electrons. The molecule has 1 atom stereocenters. The minimum Gasteiger partial charge on any atom is -0.504 e. The molecule has 5 heteroatoms. The summed E-state index contributed by atoms with van der Waals surface area (Å²) in [4.78, 5) is 2.50. The van der Waals surface area contributed by atoms with E-state index in [0.29, 0.717) is 17.4 Å². The van der Waals surface area contributed by atoms with Gasteiger partial charge in [0.05, 0.1) is 7.11 Å². The van der Waals surface area contributed by atoms with E-state index in [9.17, 15) is 5.11 Å². The molecule has 1 aromatic carbocycles. The van der Waals surface area contributed by atoms with Gasteiger partial charge in [0.1, 0.15) is 0 Å². The first kappa shape index (κ1) is 15.6. The monoisotopic (exact) mass is 306 g/mol. The van der Waals surface area contributed by atoms with Crippen molar-refractivity contribution in [2.45, 2.75) is 18.9 Å². The summed E-state index contributed by atoms with van der Waals surface area (Å²) in [6, 6.07) is 6.07. The normalized spacial score (nSPS) is 22.4. The Balaban J connectivity index is 1.93. The van der Waals surface area contributed by atoms with E-state index in [2.05, 4.69) is 10.2 Å². The molecule has 1 aromatic rings. The molecule has 2 saturated heterocycles. The van der Waals surface area contributed by atoms with Gasteiger partial charge in [0.15, 0.2) is 11.5 Å². The summed E-state index contributed by atoms with van der Waals surface area (Å²) in [5.74, 6) is 1.37. The van der Waals surface area contributed by atoms with Gasteiger partial charge in [-0.15, -0.1) is 0 Å². The van der Waals surface area contributed by atoms with Gasteiger partial charge >= 0.3 is 0 Å². The zero-order valence-electron chi connectivity index (χ0n) is 13.3. The van der Waals surface area contributed by atoms with Gasteiger partial charge in [-0.2, -0.15) is 0 Å². The molecule has 2 heterocycles. The largest absolute Gasteiger partial charge is 0.504 e. The molecule has 5 nitrogen and oxygen atoms in total. The molecule has 0 unspecified atom stereocenters. The predicted molar refractivity (Wildman–Crippen MR) is 85.4 cm³/mol. The molecule has 2 aliphatic rings. The lowest BCUT2D eigenvalue weighted by Gasteiger charge is -2.41.